The largest absolute Gasteiger partial charge is 0.354 e. The number of likely N-dealkylation sites (N-methyl/N-ethyl adjacent to an activating group) is 1. The number of nitrogens with one attached hydrogen (secondary N) is 1. The lowest BCUT2D eigenvalue weighted by atomic mass is 9.95. The number of hydrogen-bond acceptors (Lipinski definition) is 3. The van der Waals surface area contributed by atoms with Crippen LogP contribution in [0.2, 0.25) is 5.02 Å². The number of hydrogen-bond donors (Lipinski definition) is 1. The Morgan fingerprint density at radius 1 is 1.09 bits per heavy atom. The van der Waals surface area contributed by atoms with Crippen molar-refractivity contribution in [2.45, 2.75) is 32.7 Å². The minimum Gasteiger partial charge on any atom is -0.354 e. The minimum absolute atomic E-state index is 0.00259. The van der Waals surface area contributed by atoms with Crippen LogP contribution in [-0.4, -0.2) is 54.3 Å². The molecular formula is C25H31ClFN3O2. The Morgan fingerprint density at radius 3 is 2.31 bits per heavy atom. The number of carbonyl (C=O) groups excluding carboxylic acids is 2. The van der Waals surface area contributed by atoms with Crippen LogP contribution in [0.25, 0.3) is 0 Å². The second-order valence-electron chi connectivity index (χ2n) is 8.08. The minimum atomic E-state index is -0.364. The molecule has 0 aliphatic carbocycles. The highest BCUT2D eigenvalue weighted by molar-refractivity contribution is 6.31. The quantitative estimate of drug-likeness (QED) is 0.631. The van der Waals surface area contributed by atoms with Crippen LogP contribution in [0.15, 0.2) is 48.5 Å². The van der Waals surface area contributed by atoms with Crippen molar-refractivity contribution in [3.63, 3.8) is 0 Å². The Balaban J connectivity index is 1.57. The summed E-state index contributed by atoms with van der Waals surface area (Å²) in [6.45, 7) is 7.42. The summed E-state index contributed by atoms with van der Waals surface area (Å²) < 4.78 is 13.1. The molecule has 0 spiro atoms. The first kappa shape index (κ1) is 24.2. The normalized spacial score (nSPS) is 15.6. The van der Waals surface area contributed by atoms with Crippen molar-refractivity contribution >= 4 is 23.4 Å². The van der Waals surface area contributed by atoms with E-state index in [1.54, 1.807) is 4.90 Å². The maximum absolute atomic E-state index is 13.1. The monoisotopic (exact) mass is 459 g/mol. The molecule has 1 saturated heterocycles. The molecule has 32 heavy (non-hydrogen) atoms. The van der Waals surface area contributed by atoms with Gasteiger partial charge in [-0.3, -0.25) is 14.5 Å². The van der Waals surface area contributed by atoms with Gasteiger partial charge in [0.2, 0.25) is 5.91 Å². The summed E-state index contributed by atoms with van der Waals surface area (Å²) in [6.07, 6.45) is 1.22. The van der Waals surface area contributed by atoms with Crippen molar-refractivity contribution in [3.05, 3.63) is 70.5 Å². The number of amides is 2. The van der Waals surface area contributed by atoms with E-state index in [1.807, 2.05) is 24.3 Å². The molecule has 0 saturated carbocycles. The molecule has 1 unspecified atom stereocenters. The summed E-state index contributed by atoms with van der Waals surface area (Å²) in [7, 11) is 0. The smallest absolute Gasteiger partial charge is 0.253 e. The Kier molecular flexibility index (Phi) is 8.65. The van der Waals surface area contributed by atoms with Crippen LogP contribution < -0.4 is 5.32 Å². The molecule has 0 aromatic heterocycles. The second-order valence-corrected chi connectivity index (χ2v) is 8.48. The second kappa shape index (κ2) is 11.4. The highest BCUT2D eigenvalue weighted by atomic mass is 35.5. The van der Waals surface area contributed by atoms with Gasteiger partial charge in [0, 0.05) is 36.1 Å². The zero-order valence-electron chi connectivity index (χ0n) is 18.7. The van der Waals surface area contributed by atoms with E-state index in [0.29, 0.717) is 43.1 Å². The fourth-order valence-corrected chi connectivity index (χ4v) is 4.57. The summed E-state index contributed by atoms with van der Waals surface area (Å²) in [5.74, 6) is -0.597. The van der Waals surface area contributed by atoms with Gasteiger partial charge >= 0.3 is 0 Å². The molecule has 0 bridgehead atoms. The third kappa shape index (κ3) is 5.87. The van der Waals surface area contributed by atoms with Gasteiger partial charge in [-0.05, 0) is 61.8 Å². The van der Waals surface area contributed by atoms with Crippen LogP contribution in [0.4, 0.5) is 4.39 Å². The standard InChI is InChI=1S/C25H31ClFN3O2/c1-3-29(4-2)23(21-7-5-6-8-22(21)26)17-28-24(31)18-13-15-30(16-14-18)25(32)19-9-11-20(27)12-10-19/h5-12,18,23H,3-4,13-17H2,1-2H3,(H,28,31). The van der Waals surface area contributed by atoms with Crippen molar-refractivity contribution in [2.24, 2.45) is 5.92 Å². The van der Waals surface area contributed by atoms with Crippen molar-refractivity contribution in [3.8, 4) is 0 Å². The molecule has 172 valence electrons. The van der Waals surface area contributed by atoms with Gasteiger partial charge in [-0.2, -0.15) is 0 Å². The van der Waals surface area contributed by atoms with E-state index in [0.717, 1.165) is 18.7 Å². The third-order valence-corrected chi connectivity index (χ3v) is 6.58. The molecule has 1 aliphatic heterocycles. The van der Waals surface area contributed by atoms with Gasteiger partial charge in [-0.1, -0.05) is 43.6 Å². The maximum Gasteiger partial charge on any atom is 0.253 e. The molecule has 5 nitrogen and oxygen atoms in total. The molecule has 1 fully saturated rings. The molecular weight excluding hydrogens is 429 g/mol. The van der Waals surface area contributed by atoms with Gasteiger partial charge in [-0.25, -0.2) is 4.39 Å². The zero-order chi connectivity index (χ0) is 23.1. The van der Waals surface area contributed by atoms with Gasteiger partial charge in [0.1, 0.15) is 5.82 Å². The van der Waals surface area contributed by atoms with Gasteiger partial charge in [0.05, 0.1) is 6.04 Å². The number of nitrogens with zero attached hydrogens (tertiary/aromatic N) is 2. The Hall–Kier alpha value is -2.44. The van der Waals surface area contributed by atoms with Crippen LogP contribution in [0.1, 0.15) is 48.7 Å². The number of benzene rings is 2. The van der Waals surface area contributed by atoms with Crippen LogP contribution in [0.5, 0.6) is 0 Å². The van der Waals surface area contributed by atoms with Gasteiger partial charge < -0.3 is 10.2 Å². The molecule has 1 N–H and O–H groups in total. The highest BCUT2D eigenvalue weighted by Gasteiger charge is 2.29. The van der Waals surface area contributed by atoms with Crippen molar-refractivity contribution in [2.75, 3.05) is 32.7 Å². The van der Waals surface area contributed by atoms with E-state index in [-0.39, 0.29) is 29.6 Å². The lowest BCUT2D eigenvalue weighted by molar-refractivity contribution is -0.126. The molecule has 2 aromatic carbocycles. The predicted octanol–water partition coefficient (Wildman–Crippen LogP) is 4.53. The van der Waals surface area contributed by atoms with E-state index in [1.165, 1.54) is 24.3 Å². The van der Waals surface area contributed by atoms with E-state index in [2.05, 4.69) is 24.1 Å². The highest BCUT2D eigenvalue weighted by Crippen LogP contribution is 2.27. The lowest BCUT2D eigenvalue weighted by Gasteiger charge is -2.33. The number of carbonyl (C=O) groups is 2. The number of halogens is 2. The Labute approximate surface area is 194 Å². The van der Waals surface area contributed by atoms with E-state index < -0.39 is 0 Å². The molecule has 3 rings (SSSR count). The molecule has 7 heteroatoms. The molecule has 0 radical (unpaired) electrons. The Morgan fingerprint density at radius 2 is 1.72 bits per heavy atom. The van der Waals surface area contributed by atoms with Gasteiger partial charge in [-0.15, -0.1) is 0 Å². The van der Waals surface area contributed by atoms with Crippen LogP contribution >= 0.6 is 11.6 Å². The Bertz CT molecular complexity index is 910. The van der Waals surface area contributed by atoms with Crippen molar-refractivity contribution in [1.82, 2.24) is 15.1 Å². The van der Waals surface area contributed by atoms with Crippen LogP contribution in [0.3, 0.4) is 0 Å². The molecule has 1 atom stereocenters. The SMILES string of the molecule is CCN(CC)C(CNC(=O)C1CCN(C(=O)c2ccc(F)cc2)CC1)c1ccccc1Cl. The topological polar surface area (TPSA) is 52.7 Å². The van der Waals surface area contributed by atoms with E-state index in [9.17, 15) is 14.0 Å². The van der Waals surface area contributed by atoms with Gasteiger partial charge in [0.15, 0.2) is 0 Å². The number of rotatable bonds is 8. The summed E-state index contributed by atoms with van der Waals surface area (Å²) in [5.41, 5.74) is 1.48. The predicted molar refractivity (Wildman–Crippen MR) is 125 cm³/mol. The van der Waals surface area contributed by atoms with E-state index in [4.69, 9.17) is 11.6 Å². The number of likely N-dealkylation sites (tertiary alicyclic amines) is 1. The molecule has 1 aliphatic rings. The maximum atomic E-state index is 13.1. The number of piperidine rings is 1. The van der Waals surface area contributed by atoms with E-state index >= 15 is 0 Å². The van der Waals surface area contributed by atoms with Crippen LogP contribution in [-0.2, 0) is 4.79 Å². The first-order valence-electron chi connectivity index (χ1n) is 11.3. The average molecular weight is 460 g/mol. The third-order valence-electron chi connectivity index (χ3n) is 6.23. The summed E-state index contributed by atoms with van der Waals surface area (Å²) in [6, 6.07) is 13.3. The molecule has 2 aromatic rings. The first-order valence-corrected chi connectivity index (χ1v) is 11.6. The summed E-state index contributed by atoms with van der Waals surface area (Å²) >= 11 is 6.45. The first-order chi connectivity index (χ1) is 15.4. The fourth-order valence-electron chi connectivity index (χ4n) is 4.31. The van der Waals surface area contributed by atoms with Crippen LogP contribution in [0, 0.1) is 11.7 Å². The zero-order valence-corrected chi connectivity index (χ0v) is 19.4. The van der Waals surface area contributed by atoms with Crippen molar-refractivity contribution in [1.29, 1.82) is 0 Å². The summed E-state index contributed by atoms with van der Waals surface area (Å²) in [4.78, 5) is 29.5. The summed E-state index contributed by atoms with van der Waals surface area (Å²) in [5, 5.41) is 3.83. The van der Waals surface area contributed by atoms with Gasteiger partial charge in [0.25, 0.3) is 5.91 Å². The average Bonchev–Trinajstić information content (AvgIpc) is 2.82. The van der Waals surface area contributed by atoms with Crippen molar-refractivity contribution < 1.29 is 14.0 Å². The molecule has 2 amide bonds. The lowest BCUT2D eigenvalue weighted by Crippen LogP contribution is -2.45. The molecule has 1 heterocycles. The fraction of sp³-hybridized carbons (Fsp3) is 0.440.